The molecule has 0 radical (unpaired) electrons. The van der Waals surface area contributed by atoms with Gasteiger partial charge in [0.15, 0.2) is 0 Å². The van der Waals surface area contributed by atoms with Crippen LogP contribution in [0.2, 0.25) is 0 Å². The fourth-order valence-electron chi connectivity index (χ4n) is 2.29. The molecule has 1 aromatic rings. The van der Waals surface area contributed by atoms with Crippen LogP contribution in [0, 0.1) is 6.92 Å². The summed E-state index contributed by atoms with van der Waals surface area (Å²) in [5, 5.41) is 3.39. The molecule has 1 saturated carbocycles. The molecule has 0 aromatic carbocycles. The number of hydrogen-bond acceptors (Lipinski definition) is 3. The van der Waals surface area contributed by atoms with Crippen LogP contribution in [0.15, 0.2) is 6.07 Å². The lowest BCUT2D eigenvalue weighted by Crippen LogP contribution is -2.30. The topological polar surface area (TPSA) is 24.9 Å². The molecule has 2 atom stereocenters. The van der Waals surface area contributed by atoms with Gasteiger partial charge in [-0.15, -0.1) is 0 Å². The summed E-state index contributed by atoms with van der Waals surface area (Å²) in [5.74, 6) is 0.757. The lowest BCUT2D eigenvalue weighted by atomic mass is 9.85. The van der Waals surface area contributed by atoms with E-state index in [1.807, 2.05) is 0 Å². The molecule has 1 heterocycles. The van der Waals surface area contributed by atoms with Crippen molar-refractivity contribution in [3.8, 4) is 0 Å². The summed E-state index contributed by atoms with van der Waals surface area (Å²) < 4.78 is 4.36. The van der Waals surface area contributed by atoms with Crippen molar-refractivity contribution in [3.05, 3.63) is 16.6 Å². The Kier molecular flexibility index (Phi) is 3.19. The highest BCUT2D eigenvalue weighted by molar-refractivity contribution is 7.05. The molecule has 0 amide bonds. The van der Waals surface area contributed by atoms with E-state index in [4.69, 9.17) is 0 Å². The highest BCUT2D eigenvalue weighted by Crippen LogP contribution is 2.34. The second-order valence-electron chi connectivity index (χ2n) is 4.22. The summed E-state index contributed by atoms with van der Waals surface area (Å²) in [6.45, 7) is 2.08. The standard InChI is InChI=1S/C11H18N2S/c1-8-6-11(14-13-8)9-4-3-5-10(7-9)12-2/h6,9-10,12H,3-5,7H2,1-2H3. The van der Waals surface area contributed by atoms with Gasteiger partial charge in [0.1, 0.15) is 0 Å². The molecule has 14 heavy (non-hydrogen) atoms. The molecule has 1 fully saturated rings. The lowest BCUT2D eigenvalue weighted by molar-refractivity contribution is 0.358. The van der Waals surface area contributed by atoms with Crippen LogP contribution in [0.3, 0.4) is 0 Å². The molecule has 78 valence electrons. The Balaban J connectivity index is 2.04. The molecule has 0 aliphatic heterocycles. The van der Waals surface area contributed by atoms with Crippen LogP contribution in [0.25, 0.3) is 0 Å². The average Bonchev–Trinajstić information content (AvgIpc) is 2.65. The minimum Gasteiger partial charge on any atom is -0.317 e. The second-order valence-corrected chi connectivity index (χ2v) is 5.06. The van der Waals surface area contributed by atoms with Gasteiger partial charge in [0.05, 0.1) is 5.69 Å². The van der Waals surface area contributed by atoms with E-state index in [2.05, 4.69) is 29.7 Å². The van der Waals surface area contributed by atoms with Crippen LogP contribution in [-0.4, -0.2) is 17.5 Å². The van der Waals surface area contributed by atoms with Gasteiger partial charge in [0.25, 0.3) is 0 Å². The first kappa shape index (κ1) is 10.1. The maximum absolute atomic E-state index is 4.36. The maximum Gasteiger partial charge on any atom is 0.0514 e. The highest BCUT2D eigenvalue weighted by Gasteiger charge is 2.23. The Bertz CT molecular complexity index is 295. The SMILES string of the molecule is CNC1CCCC(c2cc(C)ns2)C1. The molecule has 2 unspecified atom stereocenters. The summed E-state index contributed by atoms with van der Waals surface area (Å²) in [6, 6.07) is 2.98. The molecule has 0 bridgehead atoms. The van der Waals surface area contributed by atoms with Crippen molar-refractivity contribution in [3.63, 3.8) is 0 Å². The number of nitrogens with one attached hydrogen (secondary N) is 1. The van der Waals surface area contributed by atoms with E-state index in [1.165, 1.54) is 36.3 Å². The first-order valence-electron chi connectivity index (χ1n) is 5.40. The number of aryl methyl sites for hydroxylation is 1. The smallest absolute Gasteiger partial charge is 0.0514 e. The molecule has 1 N–H and O–H groups in total. The van der Waals surface area contributed by atoms with Crippen molar-refractivity contribution in [1.82, 2.24) is 9.69 Å². The van der Waals surface area contributed by atoms with Gasteiger partial charge < -0.3 is 5.32 Å². The number of hydrogen-bond donors (Lipinski definition) is 1. The molecule has 0 spiro atoms. The van der Waals surface area contributed by atoms with E-state index in [0.717, 1.165) is 12.0 Å². The first-order valence-corrected chi connectivity index (χ1v) is 6.17. The minimum atomic E-state index is 0.719. The Labute approximate surface area is 89.9 Å². The summed E-state index contributed by atoms with van der Waals surface area (Å²) in [5.41, 5.74) is 1.18. The van der Waals surface area contributed by atoms with Crippen molar-refractivity contribution in [2.24, 2.45) is 0 Å². The van der Waals surface area contributed by atoms with Crippen molar-refractivity contribution in [2.45, 2.75) is 44.6 Å². The van der Waals surface area contributed by atoms with Crippen LogP contribution in [0.4, 0.5) is 0 Å². The third kappa shape index (κ3) is 2.15. The van der Waals surface area contributed by atoms with Gasteiger partial charge in [-0.3, -0.25) is 0 Å². The maximum atomic E-state index is 4.36. The zero-order valence-corrected chi connectivity index (χ0v) is 9.73. The lowest BCUT2D eigenvalue weighted by Gasteiger charge is -2.27. The van der Waals surface area contributed by atoms with Gasteiger partial charge in [-0.2, -0.15) is 4.37 Å². The third-order valence-corrected chi connectivity index (χ3v) is 4.17. The monoisotopic (exact) mass is 210 g/mol. The van der Waals surface area contributed by atoms with Gasteiger partial charge in [0.2, 0.25) is 0 Å². The van der Waals surface area contributed by atoms with Crippen LogP contribution in [0.1, 0.15) is 42.2 Å². The Morgan fingerprint density at radius 1 is 1.50 bits per heavy atom. The summed E-state index contributed by atoms with van der Waals surface area (Å²) in [6.07, 6.45) is 5.33. The van der Waals surface area contributed by atoms with E-state index in [-0.39, 0.29) is 0 Å². The van der Waals surface area contributed by atoms with E-state index in [0.29, 0.717) is 0 Å². The molecule has 2 rings (SSSR count). The average molecular weight is 210 g/mol. The Morgan fingerprint density at radius 2 is 2.36 bits per heavy atom. The van der Waals surface area contributed by atoms with E-state index >= 15 is 0 Å². The molecular formula is C11H18N2S. The summed E-state index contributed by atoms with van der Waals surface area (Å²) in [4.78, 5) is 1.49. The van der Waals surface area contributed by atoms with Gasteiger partial charge in [-0.05, 0) is 56.8 Å². The number of rotatable bonds is 2. The Hall–Kier alpha value is -0.410. The molecular weight excluding hydrogens is 192 g/mol. The van der Waals surface area contributed by atoms with E-state index in [9.17, 15) is 0 Å². The summed E-state index contributed by atoms with van der Waals surface area (Å²) in [7, 11) is 2.07. The second kappa shape index (κ2) is 4.41. The minimum absolute atomic E-state index is 0.719. The van der Waals surface area contributed by atoms with Crippen molar-refractivity contribution >= 4 is 11.5 Å². The number of aromatic nitrogens is 1. The molecule has 2 nitrogen and oxygen atoms in total. The normalized spacial score (nSPS) is 27.9. The molecule has 1 aliphatic carbocycles. The first-order chi connectivity index (χ1) is 6.79. The predicted molar refractivity (Wildman–Crippen MR) is 60.9 cm³/mol. The quantitative estimate of drug-likeness (QED) is 0.812. The number of nitrogens with zero attached hydrogens (tertiary/aromatic N) is 1. The predicted octanol–water partition coefficient (Wildman–Crippen LogP) is 2.70. The fraction of sp³-hybridized carbons (Fsp3) is 0.727. The van der Waals surface area contributed by atoms with Crippen LogP contribution < -0.4 is 5.32 Å². The van der Waals surface area contributed by atoms with Gasteiger partial charge in [0, 0.05) is 10.9 Å². The van der Waals surface area contributed by atoms with Crippen LogP contribution in [-0.2, 0) is 0 Å². The van der Waals surface area contributed by atoms with E-state index in [1.54, 1.807) is 11.5 Å². The van der Waals surface area contributed by atoms with Gasteiger partial charge >= 0.3 is 0 Å². The van der Waals surface area contributed by atoms with Crippen LogP contribution in [0.5, 0.6) is 0 Å². The highest BCUT2D eigenvalue weighted by atomic mass is 32.1. The zero-order valence-electron chi connectivity index (χ0n) is 8.92. The molecule has 1 aliphatic rings. The zero-order chi connectivity index (χ0) is 9.97. The van der Waals surface area contributed by atoms with Crippen molar-refractivity contribution in [1.29, 1.82) is 0 Å². The van der Waals surface area contributed by atoms with Crippen molar-refractivity contribution < 1.29 is 0 Å². The molecule has 1 aromatic heterocycles. The van der Waals surface area contributed by atoms with Crippen LogP contribution >= 0.6 is 11.5 Å². The Morgan fingerprint density at radius 3 is 3.00 bits per heavy atom. The molecule has 0 saturated heterocycles. The van der Waals surface area contributed by atoms with E-state index < -0.39 is 0 Å². The van der Waals surface area contributed by atoms with Gasteiger partial charge in [-0.25, -0.2) is 0 Å². The van der Waals surface area contributed by atoms with Gasteiger partial charge in [-0.1, -0.05) is 6.42 Å². The van der Waals surface area contributed by atoms with Crippen molar-refractivity contribution in [2.75, 3.05) is 7.05 Å². The summed E-state index contributed by atoms with van der Waals surface area (Å²) >= 11 is 1.69. The fourth-order valence-corrected chi connectivity index (χ4v) is 3.17. The largest absolute Gasteiger partial charge is 0.317 e. The molecule has 3 heteroatoms. The third-order valence-electron chi connectivity index (χ3n) is 3.13.